The molecule has 0 aliphatic carbocycles. The number of anilines is 2. The lowest BCUT2D eigenvalue weighted by molar-refractivity contribution is -0.144. The standard InChI is InChI=1S/C63H62N10O7S2/c1-36-46(47-27-28-54(67-55(47)61(78)79)71-30-29-41-11-9-13-48(49(41)34-71)58(75)68-62-66-50-14-7-8-16-53(50)82-62)12-10-15-52(36)80-45-25-18-39(19-26-45)17-24-43-32-73(70-69-43)57(63(4,5)6)60(77)72-33-44(74)31-51(72)59(76)65-37(2)40-20-22-42(23-21-40)56-38(3)64-35-81-56/h7-16,18-23,25-28,32,35,37,44,51,57,74H,17,24,29-31,33-34H2,1-6H3,(H,65,76)(H,78,79)(H,66,68,75). The number of fused-ring (bicyclic) bond motifs is 2. The first-order valence-electron chi connectivity index (χ1n) is 27.3. The lowest BCUT2D eigenvalue weighted by Gasteiger charge is -2.34. The Hall–Kier alpha value is -8.65. The van der Waals surface area contributed by atoms with E-state index in [4.69, 9.17) is 9.72 Å². The van der Waals surface area contributed by atoms with Crippen molar-refractivity contribution in [2.24, 2.45) is 5.41 Å². The zero-order valence-corrected chi connectivity index (χ0v) is 47.9. The summed E-state index contributed by atoms with van der Waals surface area (Å²) in [5.41, 5.74) is 10.9. The Morgan fingerprint density at radius 1 is 0.866 bits per heavy atom. The van der Waals surface area contributed by atoms with Gasteiger partial charge in [-0.1, -0.05) is 110 Å². The number of aliphatic hydroxyl groups excluding tert-OH is 1. The highest BCUT2D eigenvalue weighted by atomic mass is 32.1. The van der Waals surface area contributed by atoms with Gasteiger partial charge < -0.3 is 30.1 Å². The fraction of sp³-hybridized carbons (Fsp3) is 0.286. The van der Waals surface area contributed by atoms with Crippen LogP contribution in [0.15, 0.2) is 133 Å². The van der Waals surface area contributed by atoms with E-state index in [0.29, 0.717) is 77.2 Å². The van der Waals surface area contributed by atoms with Crippen LogP contribution in [-0.4, -0.2) is 94.0 Å². The van der Waals surface area contributed by atoms with E-state index in [-0.39, 0.29) is 42.4 Å². The monoisotopic (exact) mass is 1130 g/mol. The molecule has 19 heteroatoms. The van der Waals surface area contributed by atoms with Gasteiger partial charge in [0.25, 0.3) is 5.91 Å². The molecule has 1 saturated heterocycles. The molecule has 3 amide bonds. The van der Waals surface area contributed by atoms with Crippen LogP contribution >= 0.6 is 22.7 Å². The molecule has 0 saturated carbocycles. The van der Waals surface area contributed by atoms with Crippen LogP contribution in [0, 0.1) is 19.3 Å². The Morgan fingerprint density at radius 2 is 1.65 bits per heavy atom. The van der Waals surface area contributed by atoms with Crippen LogP contribution in [0.3, 0.4) is 0 Å². The number of likely N-dealkylation sites (tertiary alicyclic amines) is 1. The quantitative estimate of drug-likeness (QED) is 0.0709. The number of benzene rings is 5. The maximum atomic E-state index is 14.6. The Kier molecular flexibility index (Phi) is 15.5. The lowest BCUT2D eigenvalue weighted by atomic mass is 9.85. The number of carbonyl (C=O) groups is 4. The molecule has 1 fully saturated rings. The van der Waals surface area contributed by atoms with Gasteiger partial charge in [-0.3, -0.25) is 19.7 Å². The Bertz CT molecular complexity index is 3840. The Morgan fingerprint density at radius 3 is 2.39 bits per heavy atom. The molecule has 2 aliphatic rings. The molecule has 0 radical (unpaired) electrons. The molecule has 5 aromatic carbocycles. The largest absolute Gasteiger partial charge is 0.476 e. The molecule has 11 rings (SSSR count). The number of carboxylic acid groups (broad SMARTS) is 1. The highest BCUT2D eigenvalue weighted by Gasteiger charge is 2.45. The molecule has 4 unspecified atom stereocenters. The van der Waals surface area contributed by atoms with Gasteiger partial charge in [-0.05, 0) is 133 Å². The van der Waals surface area contributed by atoms with Crippen molar-refractivity contribution in [3.8, 4) is 33.1 Å². The van der Waals surface area contributed by atoms with Gasteiger partial charge in [0, 0.05) is 43.4 Å². The van der Waals surface area contributed by atoms with Crippen molar-refractivity contribution >= 4 is 67.5 Å². The molecule has 82 heavy (non-hydrogen) atoms. The highest BCUT2D eigenvalue weighted by Crippen LogP contribution is 2.38. The maximum Gasteiger partial charge on any atom is 0.355 e. The van der Waals surface area contributed by atoms with Crippen LogP contribution in [0.25, 0.3) is 31.8 Å². The number of para-hydroxylation sites is 1. The number of aromatic carboxylic acids is 1. The van der Waals surface area contributed by atoms with Gasteiger partial charge in [0.05, 0.1) is 44.1 Å². The second-order valence-electron chi connectivity index (χ2n) is 22.1. The van der Waals surface area contributed by atoms with Gasteiger partial charge in [0.2, 0.25) is 11.8 Å². The normalized spacial score (nSPS) is 15.9. The first-order chi connectivity index (χ1) is 39.4. The maximum absolute atomic E-state index is 14.6. The van der Waals surface area contributed by atoms with Gasteiger partial charge in [-0.25, -0.2) is 24.4 Å². The number of carbonyl (C=O) groups excluding carboxylic acids is 3. The number of rotatable bonds is 16. The summed E-state index contributed by atoms with van der Waals surface area (Å²) in [6, 6.07) is 36.3. The SMILES string of the molecule is Cc1ncsc1-c1ccc(C(C)NC(=O)C2CC(O)CN2C(=O)C(n2cc(CCc3ccc(Oc4cccc(-c5ccc(N6CCc7cccc(C(=O)Nc8nc9ccccc9s8)c7C6)nc5C(=O)O)c4C)cc3)nn2)C(C)(C)C)cc1. The third-order valence-corrected chi connectivity index (χ3v) is 17.3. The third-order valence-electron chi connectivity index (χ3n) is 15.4. The summed E-state index contributed by atoms with van der Waals surface area (Å²) in [6.45, 7) is 12.6. The van der Waals surface area contributed by atoms with Crippen LogP contribution in [0.5, 0.6) is 11.5 Å². The Balaban J connectivity index is 0.720. The fourth-order valence-corrected chi connectivity index (χ4v) is 12.7. The van der Waals surface area contributed by atoms with Gasteiger partial charge in [-0.2, -0.15) is 0 Å². The van der Waals surface area contributed by atoms with Crippen molar-refractivity contribution in [2.75, 3.05) is 23.3 Å². The zero-order chi connectivity index (χ0) is 57.4. The predicted molar refractivity (Wildman–Crippen MR) is 318 cm³/mol. The smallest absolute Gasteiger partial charge is 0.355 e. The van der Waals surface area contributed by atoms with Crippen molar-refractivity contribution < 1.29 is 34.1 Å². The van der Waals surface area contributed by atoms with Crippen molar-refractivity contribution in [1.29, 1.82) is 0 Å². The number of nitrogens with zero attached hydrogens (tertiary/aromatic N) is 8. The molecule has 9 aromatic rings. The van der Waals surface area contributed by atoms with Crippen molar-refractivity contribution in [3.63, 3.8) is 0 Å². The third kappa shape index (κ3) is 11.6. The average molecular weight is 1140 g/mol. The van der Waals surface area contributed by atoms with Gasteiger partial charge in [0.1, 0.15) is 29.4 Å². The van der Waals surface area contributed by atoms with E-state index in [0.717, 1.165) is 54.2 Å². The number of pyridine rings is 1. The number of β-amino-alcohol motifs (C(OH)–C–C–N with tert-alkyl or cyclic N) is 1. The number of carboxylic acids is 1. The average Bonchev–Trinajstić information content (AvgIpc) is 4.46. The summed E-state index contributed by atoms with van der Waals surface area (Å²) in [6.07, 6.45) is 2.87. The van der Waals surface area contributed by atoms with E-state index in [1.54, 1.807) is 34.3 Å². The molecule has 4 N–H and O–H groups in total. The molecule has 4 atom stereocenters. The van der Waals surface area contributed by atoms with Gasteiger partial charge >= 0.3 is 5.97 Å². The number of aryl methyl sites for hydroxylation is 3. The van der Waals surface area contributed by atoms with Crippen molar-refractivity contribution in [2.45, 2.75) is 98.0 Å². The van der Waals surface area contributed by atoms with E-state index >= 15 is 0 Å². The number of aliphatic hydroxyl groups is 1. The van der Waals surface area contributed by atoms with E-state index in [1.165, 1.54) is 16.2 Å². The summed E-state index contributed by atoms with van der Waals surface area (Å²) in [5, 5.41) is 36.9. The summed E-state index contributed by atoms with van der Waals surface area (Å²) in [7, 11) is 0. The molecular formula is C63H62N10O7S2. The molecule has 0 bridgehead atoms. The molecule has 418 valence electrons. The molecule has 17 nitrogen and oxygen atoms in total. The molecule has 0 spiro atoms. The van der Waals surface area contributed by atoms with Crippen LogP contribution in [0.1, 0.15) is 106 Å². The van der Waals surface area contributed by atoms with Crippen molar-refractivity contribution in [1.82, 2.24) is 40.2 Å². The predicted octanol–water partition coefficient (Wildman–Crippen LogP) is 11.2. The van der Waals surface area contributed by atoms with Crippen LogP contribution in [0.4, 0.5) is 10.9 Å². The number of aromatic nitrogens is 6. The summed E-state index contributed by atoms with van der Waals surface area (Å²) in [4.78, 5) is 73.4. The minimum atomic E-state index is -1.17. The van der Waals surface area contributed by atoms with E-state index in [2.05, 4.69) is 30.9 Å². The summed E-state index contributed by atoms with van der Waals surface area (Å²) in [5.74, 6) is -0.416. The number of thiazole rings is 2. The number of amides is 3. The van der Waals surface area contributed by atoms with Crippen LogP contribution in [-0.2, 0) is 35.4 Å². The minimum Gasteiger partial charge on any atom is -0.476 e. The summed E-state index contributed by atoms with van der Waals surface area (Å²) < 4.78 is 8.99. The number of hydrogen-bond donors (Lipinski definition) is 4. The van der Waals surface area contributed by atoms with E-state index in [1.807, 2.05) is 161 Å². The van der Waals surface area contributed by atoms with Crippen LogP contribution < -0.4 is 20.3 Å². The molecular weight excluding hydrogens is 1070 g/mol. The Labute approximate surface area is 482 Å². The van der Waals surface area contributed by atoms with Gasteiger partial charge in [-0.15, -0.1) is 16.4 Å². The number of hydrogen-bond acceptors (Lipinski definition) is 14. The number of ether oxygens (including phenoxy) is 1. The topological polar surface area (TPSA) is 218 Å². The molecule has 6 heterocycles. The highest BCUT2D eigenvalue weighted by molar-refractivity contribution is 7.22. The van der Waals surface area contributed by atoms with E-state index in [9.17, 15) is 29.4 Å². The second-order valence-corrected chi connectivity index (χ2v) is 24.0. The first kappa shape index (κ1) is 55.3. The van der Waals surface area contributed by atoms with Gasteiger partial charge in [0.15, 0.2) is 10.8 Å². The minimum absolute atomic E-state index is 0.0276. The second kappa shape index (κ2) is 23.1. The summed E-state index contributed by atoms with van der Waals surface area (Å²) >= 11 is 3.00. The molecule has 4 aromatic heterocycles. The lowest BCUT2D eigenvalue weighted by Crippen LogP contribution is -2.50. The van der Waals surface area contributed by atoms with E-state index < -0.39 is 29.6 Å². The zero-order valence-electron chi connectivity index (χ0n) is 46.3. The molecule has 2 aliphatic heterocycles. The fourth-order valence-electron chi connectivity index (χ4n) is 11.0. The first-order valence-corrected chi connectivity index (χ1v) is 29.0. The van der Waals surface area contributed by atoms with Crippen LogP contribution in [0.2, 0.25) is 0 Å². The number of nitrogens with one attached hydrogen (secondary N) is 2. The van der Waals surface area contributed by atoms with Crippen molar-refractivity contribution in [3.05, 3.63) is 183 Å².